The largest absolute Gasteiger partial charge is 0.447 e. The first-order valence-electron chi connectivity index (χ1n) is 9.92. The number of hydrogen-bond donors (Lipinski definition) is 2. The molecule has 2 aromatic carbocycles. The Balaban J connectivity index is 1.50. The molecule has 0 unspecified atom stereocenters. The molecule has 0 aliphatic rings. The molecule has 0 aliphatic heterocycles. The van der Waals surface area contributed by atoms with Gasteiger partial charge in [0.2, 0.25) is 0 Å². The monoisotopic (exact) mass is 460 g/mol. The van der Waals surface area contributed by atoms with Gasteiger partial charge in [-0.2, -0.15) is 0 Å². The number of anilines is 1. The maximum Gasteiger partial charge on any atom is 0.413 e. The molecule has 7 nitrogen and oxygen atoms in total. The lowest BCUT2D eigenvalue weighted by Gasteiger charge is -2.27. The minimum Gasteiger partial charge on any atom is -0.447 e. The zero-order valence-electron chi connectivity index (χ0n) is 17.6. The summed E-state index contributed by atoms with van der Waals surface area (Å²) < 4.78 is 6.34. The lowest BCUT2D eigenvalue weighted by atomic mass is 10.2. The van der Waals surface area contributed by atoms with Crippen LogP contribution in [0.5, 0.6) is 0 Å². The van der Waals surface area contributed by atoms with Crippen LogP contribution in [0.2, 0.25) is 5.02 Å². The van der Waals surface area contributed by atoms with Crippen molar-refractivity contribution in [2.75, 3.05) is 19.0 Å². The number of benzene rings is 2. The van der Waals surface area contributed by atoms with Crippen LogP contribution >= 0.6 is 22.9 Å². The van der Waals surface area contributed by atoms with E-state index in [1.807, 2.05) is 50.2 Å². The highest BCUT2D eigenvalue weighted by atomic mass is 35.5. The van der Waals surface area contributed by atoms with E-state index in [4.69, 9.17) is 16.3 Å². The molecule has 3 aromatic rings. The molecule has 0 radical (unpaired) electrons. The fourth-order valence-electron chi connectivity index (χ4n) is 2.99. The van der Waals surface area contributed by atoms with Gasteiger partial charge in [-0.15, -0.1) is 0 Å². The Labute approximate surface area is 190 Å². The quantitative estimate of drug-likeness (QED) is 0.492. The molecule has 1 heterocycles. The molecule has 0 bridgehead atoms. The average molecular weight is 461 g/mol. The number of likely N-dealkylation sites (N-methyl/N-ethyl adjacent to an activating group) is 1. The predicted octanol–water partition coefficient (Wildman–Crippen LogP) is 5.43. The SMILES string of the molecule is CC[C@@H](COC(=O)Nc1nc2ccc(C)cc2s1)N(C)C(=O)NCc1ccccc1Cl. The number of amides is 3. The maximum absolute atomic E-state index is 12.5. The number of nitrogens with one attached hydrogen (secondary N) is 2. The second-order valence-electron chi connectivity index (χ2n) is 7.14. The second-order valence-corrected chi connectivity index (χ2v) is 8.57. The highest BCUT2D eigenvalue weighted by Gasteiger charge is 2.20. The van der Waals surface area contributed by atoms with Gasteiger partial charge < -0.3 is 15.0 Å². The van der Waals surface area contributed by atoms with Gasteiger partial charge in [0.15, 0.2) is 5.13 Å². The van der Waals surface area contributed by atoms with E-state index in [0.29, 0.717) is 23.1 Å². The van der Waals surface area contributed by atoms with Gasteiger partial charge in [-0.3, -0.25) is 5.32 Å². The smallest absolute Gasteiger partial charge is 0.413 e. The number of nitrogens with zero attached hydrogens (tertiary/aromatic N) is 2. The Morgan fingerprint density at radius 3 is 2.77 bits per heavy atom. The molecule has 2 N–H and O–H groups in total. The van der Waals surface area contributed by atoms with Gasteiger partial charge in [0.25, 0.3) is 0 Å². The Bertz CT molecular complexity index is 1070. The first-order chi connectivity index (χ1) is 14.9. The normalized spacial score (nSPS) is 11.7. The molecule has 0 spiro atoms. The summed E-state index contributed by atoms with van der Waals surface area (Å²) in [4.78, 5) is 30.6. The Morgan fingerprint density at radius 2 is 2.03 bits per heavy atom. The Kier molecular flexibility index (Phi) is 7.70. The number of urea groups is 1. The fraction of sp³-hybridized carbons (Fsp3) is 0.318. The zero-order chi connectivity index (χ0) is 22.4. The van der Waals surface area contributed by atoms with Crippen LogP contribution in [0.25, 0.3) is 10.2 Å². The van der Waals surface area contributed by atoms with Crippen LogP contribution in [0, 0.1) is 6.92 Å². The highest BCUT2D eigenvalue weighted by Crippen LogP contribution is 2.26. The van der Waals surface area contributed by atoms with E-state index in [2.05, 4.69) is 15.6 Å². The first kappa shape index (κ1) is 22.8. The van der Waals surface area contributed by atoms with E-state index in [9.17, 15) is 9.59 Å². The van der Waals surface area contributed by atoms with Crippen molar-refractivity contribution in [3.05, 3.63) is 58.6 Å². The van der Waals surface area contributed by atoms with Crippen LogP contribution in [0.4, 0.5) is 14.7 Å². The number of ether oxygens (including phenoxy) is 1. The number of thiazole rings is 1. The number of fused-ring (bicyclic) bond motifs is 1. The molecule has 31 heavy (non-hydrogen) atoms. The molecule has 9 heteroatoms. The minimum absolute atomic E-state index is 0.0718. The topological polar surface area (TPSA) is 83.6 Å². The van der Waals surface area contributed by atoms with Crippen LogP contribution < -0.4 is 10.6 Å². The average Bonchev–Trinajstić information content (AvgIpc) is 3.14. The third-order valence-electron chi connectivity index (χ3n) is 4.89. The predicted molar refractivity (Wildman–Crippen MR) is 125 cm³/mol. The van der Waals surface area contributed by atoms with E-state index in [-0.39, 0.29) is 18.7 Å². The van der Waals surface area contributed by atoms with Gasteiger partial charge in [-0.1, -0.05) is 54.1 Å². The summed E-state index contributed by atoms with van der Waals surface area (Å²) in [5.74, 6) is 0. The molecule has 0 saturated carbocycles. The molecular formula is C22H25ClN4O3S. The third kappa shape index (κ3) is 6.08. The van der Waals surface area contributed by atoms with Crippen LogP contribution in [0.3, 0.4) is 0 Å². The van der Waals surface area contributed by atoms with Crippen molar-refractivity contribution in [3.8, 4) is 0 Å². The van der Waals surface area contributed by atoms with Crippen molar-refractivity contribution < 1.29 is 14.3 Å². The molecule has 3 rings (SSSR count). The van der Waals surface area contributed by atoms with Crippen molar-refractivity contribution in [3.63, 3.8) is 0 Å². The van der Waals surface area contributed by atoms with E-state index in [1.54, 1.807) is 13.1 Å². The summed E-state index contributed by atoms with van der Waals surface area (Å²) in [5, 5.41) is 6.58. The fourth-order valence-corrected chi connectivity index (χ4v) is 4.14. The number of aryl methyl sites for hydroxylation is 1. The van der Waals surface area contributed by atoms with E-state index >= 15 is 0 Å². The first-order valence-corrected chi connectivity index (χ1v) is 11.1. The molecule has 1 aromatic heterocycles. The van der Waals surface area contributed by atoms with Crippen molar-refractivity contribution in [2.24, 2.45) is 0 Å². The summed E-state index contributed by atoms with van der Waals surface area (Å²) in [7, 11) is 1.67. The summed E-state index contributed by atoms with van der Waals surface area (Å²) in [6.45, 7) is 4.33. The molecular weight excluding hydrogens is 436 g/mol. The molecule has 3 amide bonds. The number of carbonyl (C=O) groups excluding carboxylic acids is 2. The van der Waals surface area contributed by atoms with Gasteiger partial charge in [0, 0.05) is 18.6 Å². The lowest BCUT2D eigenvalue weighted by Crippen LogP contribution is -2.45. The van der Waals surface area contributed by atoms with Crippen LogP contribution in [-0.4, -0.2) is 41.7 Å². The minimum atomic E-state index is -0.598. The molecule has 0 fully saturated rings. The van der Waals surface area contributed by atoms with Crippen LogP contribution in [-0.2, 0) is 11.3 Å². The Hall–Kier alpha value is -2.84. The summed E-state index contributed by atoms with van der Waals surface area (Å²) in [5.41, 5.74) is 2.79. The summed E-state index contributed by atoms with van der Waals surface area (Å²) >= 11 is 7.52. The van der Waals surface area contributed by atoms with Gasteiger partial charge in [0.05, 0.1) is 16.3 Å². The van der Waals surface area contributed by atoms with Crippen molar-refractivity contribution in [2.45, 2.75) is 32.9 Å². The number of rotatable bonds is 7. The summed E-state index contributed by atoms with van der Waals surface area (Å²) in [6.07, 6.45) is 0.0306. The van der Waals surface area contributed by atoms with Gasteiger partial charge in [-0.05, 0) is 42.7 Å². The van der Waals surface area contributed by atoms with Crippen LogP contribution in [0.15, 0.2) is 42.5 Å². The highest BCUT2D eigenvalue weighted by molar-refractivity contribution is 7.22. The molecule has 0 aliphatic carbocycles. The van der Waals surface area contributed by atoms with Gasteiger partial charge >= 0.3 is 12.1 Å². The lowest BCUT2D eigenvalue weighted by molar-refractivity contribution is 0.115. The molecule has 0 saturated heterocycles. The molecule has 164 valence electrons. The van der Waals surface area contributed by atoms with E-state index in [0.717, 1.165) is 21.3 Å². The second kappa shape index (κ2) is 10.5. The van der Waals surface area contributed by atoms with Crippen LogP contribution in [0.1, 0.15) is 24.5 Å². The Morgan fingerprint density at radius 1 is 1.26 bits per heavy atom. The molecule has 1 atom stereocenters. The van der Waals surface area contributed by atoms with E-state index < -0.39 is 6.09 Å². The third-order valence-corrected chi connectivity index (χ3v) is 6.19. The zero-order valence-corrected chi connectivity index (χ0v) is 19.2. The van der Waals surface area contributed by atoms with Crippen molar-refractivity contribution in [1.29, 1.82) is 0 Å². The van der Waals surface area contributed by atoms with Gasteiger partial charge in [0.1, 0.15) is 6.61 Å². The number of halogens is 1. The maximum atomic E-state index is 12.5. The van der Waals surface area contributed by atoms with E-state index in [1.165, 1.54) is 16.2 Å². The number of hydrogen-bond acceptors (Lipinski definition) is 5. The van der Waals surface area contributed by atoms with Gasteiger partial charge in [-0.25, -0.2) is 14.6 Å². The summed E-state index contributed by atoms with van der Waals surface area (Å²) in [6, 6.07) is 12.7. The number of aromatic nitrogens is 1. The number of carbonyl (C=O) groups is 2. The van der Waals surface area contributed by atoms with Crippen molar-refractivity contribution >= 4 is 50.4 Å². The standard InChI is InChI=1S/C22H25ClN4O3S/c1-4-16(27(3)21(28)24-12-15-7-5-6-8-17(15)23)13-30-22(29)26-20-25-18-10-9-14(2)11-19(18)31-20/h5-11,16H,4,12-13H2,1-3H3,(H,24,28)(H,25,26,29)/t16-/m0/s1. The van der Waals surface area contributed by atoms with Crippen molar-refractivity contribution in [1.82, 2.24) is 15.2 Å².